The van der Waals surface area contributed by atoms with Gasteiger partial charge in [-0.2, -0.15) is 0 Å². The highest BCUT2D eigenvalue weighted by Gasteiger charge is 2.27. The fourth-order valence-corrected chi connectivity index (χ4v) is 2.49. The molecule has 1 aliphatic rings. The number of methoxy groups -OCH3 is 2. The Balaban J connectivity index is 2.41. The molecule has 0 spiro atoms. The number of likely N-dealkylation sites (N-methyl/N-ethyl adjacent to an activating group) is 1. The number of benzene rings is 1. The predicted molar refractivity (Wildman–Crippen MR) is 68.5 cm³/mol. The Kier molecular flexibility index (Phi) is 2.23. The van der Waals surface area contributed by atoms with E-state index < -0.39 is 0 Å². The Morgan fingerprint density at radius 3 is 2.78 bits per heavy atom. The quantitative estimate of drug-likeness (QED) is 0.877. The number of nitrogens with one attached hydrogen (secondary N) is 1. The van der Waals surface area contributed by atoms with Gasteiger partial charge in [0.25, 0.3) is 0 Å². The van der Waals surface area contributed by atoms with Crippen molar-refractivity contribution in [2.24, 2.45) is 0 Å². The number of H-pyrrole nitrogens is 1. The molecule has 1 amide bonds. The molecule has 1 N–H and O–H groups in total. The van der Waals surface area contributed by atoms with Crippen LogP contribution < -0.4 is 14.4 Å². The summed E-state index contributed by atoms with van der Waals surface area (Å²) in [6.45, 7) is 0. The molecule has 3 rings (SSSR count). The molecule has 0 saturated heterocycles. The minimum Gasteiger partial charge on any atom is -0.493 e. The largest absolute Gasteiger partial charge is 0.493 e. The first-order chi connectivity index (χ1) is 8.67. The van der Waals surface area contributed by atoms with Gasteiger partial charge in [0.05, 0.1) is 31.8 Å². The number of amides is 1. The van der Waals surface area contributed by atoms with Crippen LogP contribution in [0.3, 0.4) is 0 Å². The average Bonchev–Trinajstić information content (AvgIpc) is 2.79. The van der Waals surface area contributed by atoms with E-state index in [0.717, 1.165) is 22.2 Å². The van der Waals surface area contributed by atoms with E-state index in [1.54, 1.807) is 26.2 Å². The summed E-state index contributed by atoms with van der Waals surface area (Å²) in [7, 11) is 4.97. The highest BCUT2D eigenvalue weighted by Crippen LogP contribution is 2.44. The second kappa shape index (κ2) is 3.66. The van der Waals surface area contributed by atoms with Crippen molar-refractivity contribution in [3.8, 4) is 11.5 Å². The summed E-state index contributed by atoms with van der Waals surface area (Å²) < 4.78 is 10.7. The van der Waals surface area contributed by atoms with Gasteiger partial charge in [-0.25, -0.2) is 0 Å². The van der Waals surface area contributed by atoms with Crippen molar-refractivity contribution in [2.45, 2.75) is 6.42 Å². The normalized spacial score (nSPS) is 14.2. The van der Waals surface area contributed by atoms with E-state index >= 15 is 0 Å². The van der Waals surface area contributed by atoms with Crippen LogP contribution >= 0.6 is 0 Å². The third-order valence-corrected chi connectivity index (χ3v) is 3.44. The van der Waals surface area contributed by atoms with Crippen LogP contribution in [0.2, 0.25) is 0 Å². The van der Waals surface area contributed by atoms with Crippen LogP contribution in [-0.4, -0.2) is 32.2 Å². The lowest BCUT2D eigenvalue weighted by atomic mass is 10.0. The number of aromatic nitrogens is 1. The number of carbonyl (C=O) groups excluding carboxylic acids is 1. The Bertz CT molecular complexity index is 645. The van der Waals surface area contributed by atoms with Crippen molar-refractivity contribution in [2.75, 3.05) is 26.2 Å². The first-order valence-electron chi connectivity index (χ1n) is 5.69. The molecule has 0 atom stereocenters. The molecule has 0 radical (unpaired) electrons. The van der Waals surface area contributed by atoms with E-state index in [1.807, 2.05) is 12.3 Å². The lowest BCUT2D eigenvalue weighted by molar-refractivity contribution is -0.117. The minimum atomic E-state index is 0.0793. The Labute approximate surface area is 104 Å². The molecule has 5 heteroatoms. The van der Waals surface area contributed by atoms with Crippen LogP contribution in [0, 0.1) is 0 Å². The maximum absolute atomic E-state index is 11.9. The molecule has 0 bridgehead atoms. The standard InChI is InChI=1S/C13H14N2O3/c1-15-8-5-9(17-2)13(18-3)12-11(8)7(6-14-12)4-10(15)16/h5-6,14H,4H2,1-3H3. The van der Waals surface area contributed by atoms with Gasteiger partial charge in [0.15, 0.2) is 11.5 Å². The van der Waals surface area contributed by atoms with Crippen molar-refractivity contribution >= 4 is 22.5 Å². The zero-order valence-corrected chi connectivity index (χ0v) is 10.5. The highest BCUT2D eigenvalue weighted by molar-refractivity contribution is 6.12. The summed E-state index contributed by atoms with van der Waals surface area (Å²) in [6, 6.07) is 1.84. The van der Waals surface area contributed by atoms with Crippen molar-refractivity contribution in [1.29, 1.82) is 0 Å². The highest BCUT2D eigenvalue weighted by atomic mass is 16.5. The van der Waals surface area contributed by atoms with Crippen molar-refractivity contribution in [1.82, 2.24) is 4.98 Å². The molecule has 1 aliphatic heterocycles. The summed E-state index contributed by atoms with van der Waals surface area (Å²) in [5.41, 5.74) is 2.74. The predicted octanol–water partition coefficient (Wildman–Crippen LogP) is 1.70. The minimum absolute atomic E-state index is 0.0793. The summed E-state index contributed by atoms with van der Waals surface area (Å²) in [5.74, 6) is 1.37. The maximum Gasteiger partial charge on any atom is 0.231 e. The third kappa shape index (κ3) is 1.24. The number of nitrogens with zero attached hydrogens (tertiary/aromatic N) is 1. The maximum atomic E-state index is 11.9. The van der Waals surface area contributed by atoms with Crippen LogP contribution in [0.5, 0.6) is 11.5 Å². The number of carbonyl (C=O) groups is 1. The van der Waals surface area contributed by atoms with E-state index in [9.17, 15) is 4.79 Å². The lowest BCUT2D eigenvalue weighted by Gasteiger charge is -2.24. The third-order valence-electron chi connectivity index (χ3n) is 3.44. The molecule has 0 unspecified atom stereocenters. The molecule has 18 heavy (non-hydrogen) atoms. The number of aromatic amines is 1. The van der Waals surface area contributed by atoms with Crippen molar-refractivity contribution < 1.29 is 14.3 Å². The Morgan fingerprint density at radius 2 is 2.11 bits per heavy atom. The Morgan fingerprint density at radius 1 is 1.33 bits per heavy atom. The van der Waals surface area contributed by atoms with E-state index in [2.05, 4.69) is 4.98 Å². The van der Waals surface area contributed by atoms with E-state index in [-0.39, 0.29) is 5.91 Å². The number of rotatable bonds is 2. The van der Waals surface area contributed by atoms with Gasteiger partial charge < -0.3 is 19.4 Å². The molecular formula is C13H14N2O3. The SMILES string of the molecule is COc1cc2c3c(c[nH]c3c1OC)CC(=O)N2C. The topological polar surface area (TPSA) is 54.6 Å². The van der Waals surface area contributed by atoms with Gasteiger partial charge in [-0.1, -0.05) is 0 Å². The van der Waals surface area contributed by atoms with Crippen LogP contribution in [0.1, 0.15) is 5.56 Å². The average molecular weight is 246 g/mol. The molecule has 0 aliphatic carbocycles. The fourth-order valence-electron chi connectivity index (χ4n) is 2.49. The Hall–Kier alpha value is -2.17. The van der Waals surface area contributed by atoms with Crippen LogP contribution in [0.15, 0.2) is 12.3 Å². The molecule has 5 nitrogen and oxygen atoms in total. The first kappa shape index (κ1) is 11.0. The summed E-state index contributed by atoms with van der Waals surface area (Å²) >= 11 is 0. The number of hydrogen-bond donors (Lipinski definition) is 1. The number of anilines is 1. The second-order valence-corrected chi connectivity index (χ2v) is 4.32. The van der Waals surface area contributed by atoms with E-state index in [4.69, 9.17) is 9.47 Å². The van der Waals surface area contributed by atoms with Gasteiger partial charge >= 0.3 is 0 Å². The molecular weight excluding hydrogens is 232 g/mol. The molecule has 2 aromatic rings. The zero-order chi connectivity index (χ0) is 12.9. The van der Waals surface area contributed by atoms with Gasteiger partial charge in [0.2, 0.25) is 5.91 Å². The number of hydrogen-bond acceptors (Lipinski definition) is 3. The van der Waals surface area contributed by atoms with E-state index in [0.29, 0.717) is 17.9 Å². The summed E-state index contributed by atoms with van der Waals surface area (Å²) in [5, 5.41) is 1.04. The van der Waals surface area contributed by atoms with Gasteiger partial charge in [-0.3, -0.25) is 4.79 Å². The summed E-state index contributed by atoms with van der Waals surface area (Å²) in [4.78, 5) is 16.7. The van der Waals surface area contributed by atoms with E-state index in [1.165, 1.54) is 0 Å². The second-order valence-electron chi connectivity index (χ2n) is 4.32. The molecule has 1 aromatic heterocycles. The van der Waals surface area contributed by atoms with Gasteiger partial charge in [0, 0.05) is 24.7 Å². The van der Waals surface area contributed by atoms with Crippen molar-refractivity contribution in [3.05, 3.63) is 17.8 Å². The van der Waals surface area contributed by atoms with Gasteiger partial charge in [-0.05, 0) is 5.56 Å². The molecule has 0 fully saturated rings. The molecule has 2 heterocycles. The molecule has 94 valence electrons. The molecule has 1 aromatic carbocycles. The van der Waals surface area contributed by atoms with Crippen LogP contribution in [-0.2, 0) is 11.2 Å². The fraction of sp³-hybridized carbons (Fsp3) is 0.308. The lowest BCUT2D eigenvalue weighted by Crippen LogP contribution is -2.30. The monoisotopic (exact) mass is 246 g/mol. The first-order valence-corrected chi connectivity index (χ1v) is 5.69. The van der Waals surface area contributed by atoms with Crippen molar-refractivity contribution in [3.63, 3.8) is 0 Å². The van der Waals surface area contributed by atoms with Crippen LogP contribution in [0.25, 0.3) is 10.9 Å². The molecule has 0 saturated carbocycles. The smallest absolute Gasteiger partial charge is 0.231 e. The zero-order valence-electron chi connectivity index (χ0n) is 10.5. The van der Waals surface area contributed by atoms with Gasteiger partial charge in [-0.15, -0.1) is 0 Å². The summed E-state index contributed by atoms with van der Waals surface area (Å²) in [6.07, 6.45) is 2.28. The van der Waals surface area contributed by atoms with Gasteiger partial charge in [0.1, 0.15) is 0 Å². The van der Waals surface area contributed by atoms with Crippen LogP contribution in [0.4, 0.5) is 5.69 Å². The number of ether oxygens (including phenoxy) is 2.